The fourth-order valence-corrected chi connectivity index (χ4v) is 3.19. The molecule has 1 aliphatic rings. The smallest absolute Gasteiger partial charge is 0.319 e. The van der Waals surface area contributed by atoms with Crippen molar-refractivity contribution in [1.29, 1.82) is 0 Å². The molecular weight excluding hydrogens is 370 g/mol. The molecule has 0 heterocycles. The van der Waals surface area contributed by atoms with Crippen LogP contribution in [0.4, 0.5) is 10.5 Å². The van der Waals surface area contributed by atoms with Crippen molar-refractivity contribution < 1.29 is 19.5 Å². The van der Waals surface area contributed by atoms with E-state index < -0.39 is 17.3 Å². The van der Waals surface area contributed by atoms with Crippen molar-refractivity contribution in [2.45, 2.75) is 37.6 Å². The third-order valence-corrected chi connectivity index (χ3v) is 5.19. The molecule has 1 atom stereocenters. The van der Waals surface area contributed by atoms with Gasteiger partial charge in [0.2, 0.25) is 0 Å². The normalized spacial score (nSPS) is 15.1. The van der Waals surface area contributed by atoms with Crippen LogP contribution in [0.2, 0.25) is 0 Å². The summed E-state index contributed by atoms with van der Waals surface area (Å²) < 4.78 is 0. The first kappa shape index (κ1) is 20.4. The number of urea groups is 1. The molecule has 0 aromatic heterocycles. The van der Waals surface area contributed by atoms with Gasteiger partial charge in [0.15, 0.2) is 0 Å². The summed E-state index contributed by atoms with van der Waals surface area (Å²) in [5.74, 6) is -1.38. The van der Waals surface area contributed by atoms with E-state index >= 15 is 0 Å². The fourth-order valence-electron chi connectivity index (χ4n) is 3.19. The van der Waals surface area contributed by atoms with E-state index in [1.165, 1.54) is 0 Å². The van der Waals surface area contributed by atoms with E-state index in [1.807, 2.05) is 6.07 Å². The Morgan fingerprint density at radius 2 is 1.79 bits per heavy atom. The van der Waals surface area contributed by atoms with Crippen molar-refractivity contribution >= 4 is 23.6 Å². The Morgan fingerprint density at radius 1 is 1.07 bits per heavy atom. The van der Waals surface area contributed by atoms with E-state index in [1.54, 1.807) is 55.5 Å². The number of aliphatic carboxylic acids is 1. The van der Waals surface area contributed by atoms with E-state index in [-0.39, 0.29) is 18.6 Å². The number of carbonyl (C=O) groups is 3. The minimum absolute atomic E-state index is 0.0402. The van der Waals surface area contributed by atoms with Gasteiger partial charge in [0.25, 0.3) is 5.91 Å². The topological polar surface area (TPSA) is 108 Å². The third kappa shape index (κ3) is 4.93. The molecule has 1 saturated carbocycles. The summed E-state index contributed by atoms with van der Waals surface area (Å²) in [5, 5.41) is 18.2. The molecule has 29 heavy (non-hydrogen) atoms. The summed E-state index contributed by atoms with van der Waals surface area (Å²) in [5.41, 5.74) is 0.274. The Hall–Kier alpha value is -3.35. The van der Waals surface area contributed by atoms with Gasteiger partial charge in [-0.05, 0) is 43.0 Å². The molecule has 3 amide bonds. The molecule has 2 aromatic rings. The maximum absolute atomic E-state index is 12.7. The number of hydrogen-bond acceptors (Lipinski definition) is 3. The van der Waals surface area contributed by atoms with Crippen LogP contribution in [-0.4, -0.2) is 35.6 Å². The summed E-state index contributed by atoms with van der Waals surface area (Å²) in [6.07, 6.45) is 2.30. The number of hydrogen-bond donors (Lipinski definition) is 4. The minimum atomic E-state index is -1.21. The average molecular weight is 395 g/mol. The summed E-state index contributed by atoms with van der Waals surface area (Å²) in [7, 11) is 0. The highest BCUT2D eigenvalue weighted by molar-refractivity contribution is 5.97. The van der Waals surface area contributed by atoms with Gasteiger partial charge in [-0.2, -0.15) is 0 Å². The molecule has 1 fully saturated rings. The molecule has 0 radical (unpaired) electrons. The lowest BCUT2D eigenvalue weighted by Gasteiger charge is -2.29. The molecule has 0 saturated heterocycles. The number of amides is 3. The first-order valence-electron chi connectivity index (χ1n) is 9.69. The van der Waals surface area contributed by atoms with Crippen LogP contribution in [0.15, 0.2) is 54.6 Å². The standard InChI is InChI=1S/C22H25N3O4/c1-2-22(20(27)28,16-8-4-3-5-9-16)14-23-19(26)15-7-6-10-18(13-15)25-21(29)24-17-11-12-17/h3-10,13,17H,2,11-12,14H2,1H3,(H,23,26)(H,27,28)(H2,24,25,29). The Bertz CT molecular complexity index is 896. The third-order valence-electron chi connectivity index (χ3n) is 5.19. The van der Waals surface area contributed by atoms with Crippen LogP contribution in [0.3, 0.4) is 0 Å². The maximum atomic E-state index is 12.7. The summed E-state index contributed by atoms with van der Waals surface area (Å²) >= 11 is 0. The number of benzene rings is 2. The lowest BCUT2D eigenvalue weighted by atomic mass is 9.78. The van der Waals surface area contributed by atoms with Crippen LogP contribution >= 0.6 is 0 Å². The van der Waals surface area contributed by atoms with Crippen LogP contribution in [0.1, 0.15) is 42.1 Å². The van der Waals surface area contributed by atoms with Crippen molar-refractivity contribution in [2.24, 2.45) is 0 Å². The molecule has 7 nitrogen and oxygen atoms in total. The largest absolute Gasteiger partial charge is 0.481 e. The quantitative estimate of drug-likeness (QED) is 0.551. The van der Waals surface area contributed by atoms with Crippen molar-refractivity contribution in [3.05, 3.63) is 65.7 Å². The van der Waals surface area contributed by atoms with E-state index in [9.17, 15) is 19.5 Å². The second-order valence-electron chi connectivity index (χ2n) is 7.24. The average Bonchev–Trinajstić information content (AvgIpc) is 3.53. The van der Waals surface area contributed by atoms with Crippen molar-refractivity contribution in [3.63, 3.8) is 0 Å². The van der Waals surface area contributed by atoms with Crippen molar-refractivity contribution in [3.8, 4) is 0 Å². The summed E-state index contributed by atoms with van der Waals surface area (Å²) in [6, 6.07) is 15.4. The second kappa shape index (κ2) is 8.77. The van der Waals surface area contributed by atoms with Gasteiger partial charge in [-0.1, -0.05) is 43.3 Å². The molecule has 0 aliphatic heterocycles. The zero-order chi connectivity index (χ0) is 20.9. The van der Waals surface area contributed by atoms with Gasteiger partial charge in [0, 0.05) is 23.8 Å². The Labute approximate surface area is 169 Å². The van der Waals surface area contributed by atoms with Crippen LogP contribution in [0, 0.1) is 0 Å². The zero-order valence-corrected chi connectivity index (χ0v) is 16.3. The highest BCUT2D eigenvalue weighted by atomic mass is 16.4. The van der Waals surface area contributed by atoms with Gasteiger partial charge in [-0.3, -0.25) is 9.59 Å². The predicted molar refractivity (Wildman–Crippen MR) is 110 cm³/mol. The summed E-state index contributed by atoms with van der Waals surface area (Å²) in [4.78, 5) is 36.6. The Morgan fingerprint density at radius 3 is 2.41 bits per heavy atom. The highest BCUT2D eigenvalue weighted by Gasteiger charge is 2.39. The molecular formula is C22H25N3O4. The highest BCUT2D eigenvalue weighted by Crippen LogP contribution is 2.28. The van der Waals surface area contributed by atoms with E-state index in [0.29, 0.717) is 23.2 Å². The molecule has 0 spiro atoms. The Balaban J connectivity index is 1.69. The maximum Gasteiger partial charge on any atom is 0.319 e. The zero-order valence-electron chi connectivity index (χ0n) is 16.3. The van der Waals surface area contributed by atoms with Gasteiger partial charge < -0.3 is 21.1 Å². The number of nitrogens with one attached hydrogen (secondary N) is 3. The van der Waals surface area contributed by atoms with E-state index in [4.69, 9.17) is 0 Å². The molecule has 7 heteroatoms. The molecule has 2 aromatic carbocycles. The van der Waals surface area contributed by atoms with Gasteiger partial charge in [-0.25, -0.2) is 4.79 Å². The second-order valence-corrected chi connectivity index (χ2v) is 7.24. The number of carboxylic acid groups (broad SMARTS) is 1. The van der Waals surface area contributed by atoms with Crippen LogP contribution in [-0.2, 0) is 10.2 Å². The molecule has 152 valence electrons. The minimum Gasteiger partial charge on any atom is -0.481 e. The number of rotatable bonds is 8. The van der Waals surface area contributed by atoms with Gasteiger partial charge >= 0.3 is 12.0 Å². The number of carboxylic acids is 1. The number of carbonyl (C=O) groups excluding carboxylic acids is 2. The predicted octanol–water partition coefficient (Wildman–Crippen LogP) is 3.13. The fraction of sp³-hybridized carbons (Fsp3) is 0.318. The van der Waals surface area contributed by atoms with Crippen molar-refractivity contribution in [2.75, 3.05) is 11.9 Å². The van der Waals surface area contributed by atoms with Crippen LogP contribution < -0.4 is 16.0 Å². The number of anilines is 1. The first-order chi connectivity index (χ1) is 13.9. The molecule has 0 bridgehead atoms. The van der Waals surface area contributed by atoms with Gasteiger partial charge in [0.1, 0.15) is 5.41 Å². The monoisotopic (exact) mass is 395 g/mol. The SMILES string of the molecule is CCC(CNC(=O)c1cccc(NC(=O)NC2CC2)c1)(C(=O)O)c1ccccc1. The molecule has 1 unspecified atom stereocenters. The first-order valence-corrected chi connectivity index (χ1v) is 9.69. The lowest BCUT2D eigenvalue weighted by Crippen LogP contribution is -2.46. The van der Waals surface area contributed by atoms with Gasteiger partial charge in [0.05, 0.1) is 0 Å². The van der Waals surface area contributed by atoms with Crippen molar-refractivity contribution in [1.82, 2.24) is 10.6 Å². The molecule has 4 N–H and O–H groups in total. The van der Waals surface area contributed by atoms with E-state index in [2.05, 4.69) is 16.0 Å². The summed E-state index contributed by atoms with van der Waals surface area (Å²) in [6.45, 7) is 1.75. The lowest BCUT2D eigenvalue weighted by molar-refractivity contribution is -0.143. The molecule has 3 rings (SSSR count). The molecule has 1 aliphatic carbocycles. The van der Waals surface area contributed by atoms with Crippen LogP contribution in [0.25, 0.3) is 0 Å². The van der Waals surface area contributed by atoms with E-state index in [0.717, 1.165) is 12.8 Å². The Kier molecular flexibility index (Phi) is 6.16. The van der Waals surface area contributed by atoms with Crippen LogP contribution in [0.5, 0.6) is 0 Å². The van der Waals surface area contributed by atoms with Gasteiger partial charge in [-0.15, -0.1) is 0 Å².